The van der Waals surface area contributed by atoms with E-state index in [1.54, 1.807) is 12.1 Å². The lowest BCUT2D eigenvalue weighted by atomic mass is 10.1. The monoisotopic (exact) mass is 582 g/mol. The molecule has 0 radical (unpaired) electrons. The van der Waals surface area contributed by atoms with Crippen molar-refractivity contribution in [1.82, 2.24) is 0 Å². The second kappa shape index (κ2) is 18.2. The van der Waals surface area contributed by atoms with Crippen molar-refractivity contribution in [3.05, 3.63) is 40.6 Å². The fourth-order valence-electron chi connectivity index (χ4n) is 4.28. The predicted octanol–water partition coefficient (Wildman–Crippen LogP) is 9.35. The highest BCUT2D eigenvalue weighted by molar-refractivity contribution is 5.88. The van der Waals surface area contributed by atoms with Crippen LogP contribution in [0, 0.1) is 0 Å². The highest BCUT2D eigenvalue weighted by Gasteiger charge is 2.23. The summed E-state index contributed by atoms with van der Waals surface area (Å²) in [6.07, 6.45) is 9.50. The number of rotatable bonds is 21. The van der Waals surface area contributed by atoms with E-state index in [4.69, 9.17) is 28.1 Å². The zero-order chi connectivity index (χ0) is 30.2. The highest BCUT2D eigenvalue weighted by Crippen LogP contribution is 2.40. The van der Waals surface area contributed by atoms with E-state index < -0.39 is 0 Å². The van der Waals surface area contributed by atoms with Crippen LogP contribution < -0.4 is 29.1 Å². The molecule has 1 aromatic heterocycles. The molecule has 0 bridgehead atoms. The Morgan fingerprint density at radius 3 is 1.69 bits per heavy atom. The molecule has 0 unspecified atom stereocenters. The van der Waals surface area contributed by atoms with Gasteiger partial charge in [-0.2, -0.15) is 0 Å². The first-order valence-electron chi connectivity index (χ1n) is 16.0. The number of hydrogen-bond acceptors (Lipinski definition) is 7. The van der Waals surface area contributed by atoms with E-state index in [0.717, 1.165) is 64.2 Å². The van der Waals surface area contributed by atoms with Crippen molar-refractivity contribution in [1.29, 1.82) is 0 Å². The predicted molar refractivity (Wildman–Crippen MR) is 170 cm³/mol. The van der Waals surface area contributed by atoms with Gasteiger partial charge in [0.15, 0.2) is 17.3 Å². The molecular weight excluding hydrogens is 532 g/mol. The van der Waals surface area contributed by atoms with Gasteiger partial charge in [-0.1, -0.05) is 66.7 Å². The van der Waals surface area contributed by atoms with E-state index in [-0.39, 0.29) is 11.2 Å². The number of fused-ring (bicyclic) bond motifs is 1. The van der Waals surface area contributed by atoms with E-state index in [1.165, 1.54) is 0 Å². The number of hydrogen-bond donors (Lipinski definition) is 0. The molecule has 1 heterocycles. The molecule has 0 aliphatic carbocycles. The van der Waals surface area contributed by atoms with Gasteiger partial charge in [-0.05, 0) is 50.3 Å². The van der Waals surface area contributed by atoms with Gasteiger partial charge in [-0.25, -0.2) is 0 Å². The van der Waals surface area contributed by atoms with Gasteiger partial charge in [0.2, 0.25) is 11.2 Å². The van der Waals surface area contributed by atoms with E-state index in [9.17, 15) is 4.79 Å². The summed E-state index contributed by atoms with van der Waals surface area (Å²) < 4.78 is 37.0. The molecule has 0 spiro atoms. The standard InChI is InChI=1S/C35H50O7/c1-6-11-18-37-27-24-30(40-21-14-9-4)32-31(25-27)42-34(35(33(32)36)41-22-15-10-5)26-16-17-28(38-19-12-7-2)29(23-26)39-20-13-8-3/h16-17,23-25H,6-15,18-22H2,1-5H3. The summed E-state index contributed by atoms with van der Waals surface area (Å²) in [5.41, 5.74) is 0.821. The Kier molecular flexibility index (Phi) is 14.4. The summed E-state index contributed by atoms with van der Waals surface area (Å²) in [6.45, 7) is 13.2. The summed E-state index contributed by atoms with van der Waals surface area (Å²) in [5, 5.41) is 0.364. The molecule has 0 fully saturated rings. The van der Waals surface area contributed by atoms with Gasteiger partial charge in [0.25, 0.3) is 0 Å². The van der Waals surface area contributed by atoms with Crippen molar-refractivity contribution in [2.24, 2.45) is 0 Å². The molecule has 0 amide bonds. The molecule has 3 aromatic rings. The van der Waals surface area contributed by atoms with Crippen molar-refractivity contribution >= 4 is 11.0 Å². The molecule has 0 aliphatic rings. The van der Waals surface area contributed by atoms with Crippen LogP contribution in [0.3, 0.4) is 0 Å². The molecular formula is C35H50O7. The average molecular weight is 583 g/mol. The van der Waals surface area contributed by atoms with Gasteiger partial charge in [-0.3, -0.25) is 4.79 Å². The summed E-state index contributed by atoms with van der Waals surface area (Å²) in [7, 11) is 0. The van der Waals surface area contributed by atoms with Crippen LogP contribution in [-0.2, 0) is 0 Å². The van der Waals surface area contributed by atoms with Crippen LogP contribution >= 0.6 is 0 Å². The lowest BCUT2D eigenvalue weighted by Crippen LogP contribution is -2.13. The SMILES string of the molecule is CCCCOc1cc(OCCCC)c2c(=O)c(OCCCC)c(-c3ccc(OCCCC)c(OCCCC)c3)oc2c1. The molecule has 232 valence electrons. The largest absolute Gasteiger partial charge is 0.493 e. The summed E-state index contributed by atoms with van der Waals surface area (Å²) in [5.74, 6) is 2.90. The summed E-state index contributed by atoms with van der Waals surface area (Å²) >= 11 is 0. The molecule has 7 heteroatoms. The smallest absolute Gasteiger partial charge is 0.239 e. The molecule has 2 aromatic carbocycles. The second-order valence-corrected chi connectivity index (χ2v) is 10.6. The number of ether oxygens (including phenoxy) is 5. The minimum atomic E-state index is -0.259. The van der Waals surface area contributed by atoms with Crippen LogP contribution in [0.1, 0.15) is 98.8 Å². The Morgan fingerprint density at radius 2 is 1.10 bits per heavy atom. The molecule has 0 N–H and O–H groups in total. The molecule has 0 saturated heterocycles. The van der Waals surface area contributed by atoms with Gasteiger partial charge in [0.05, 0.1) is 33.0 Å². The van der Waals surface area contributed by atoms with Gasteiger partial charge in [0, 0.05) is 17.7 Å². The first-order chi connectivity index (χ1) is 20.6. The minimum absolute atomic E-state index is 0.176. The van der Waals surface area contributed by atoms with Crippen LogP contribution in [0.5, 0.6) is 28.7 Å². The Labute approximate surface area is 251 Å². The second-order valence-electron chi connectivity index (χ2n) is 10.6. The first kappa shape index (κ1) is 33.2. The van der Waals surface area contributed by atoms with Crippen molar-refractivity contribution in [2.75, 3.05) is 33.0 Å². The third kappa shape index (κ3) is 9.33. The van der Waals surface area contributed by atoms with Crippen LogP contribution in [-0.4, -0.2) is 33.0 Å². The van der Waals surface area contributed by atoms with Gasteiger partial charge in [0.1, 0.15) is 22.5 Å². The third-order valence-electron chi connectivity index (χ3n) is 6.87. The van der Waals surface area contributed by atoms with Crippen molar-refractivity contribution in [2.45, 2.75) is 98.8 Å². The Hall–Kier alpha value is -3.35. The normalized spacial score (nSPS) is 11.1. The maximum absolute atomic E-state index is 14.1. The summed E-state index contributed by atoms with van der Waals surface area (Å²) in [6, 6.07) is 9.23. The van der Waals surface area contributed by atoms with Crippen LogP contribution in [0.2, 0.25) is 0 Å². The Bertz CT molecular complexity index is 1280. The lowest BCUT2D eigenvalue weighted by molar-refractivity contribution is 0.262. The zero-order valence-corrected chi connectivity index (χ0v) is 26.4. The average Bonchev–Trinajstić information content (AvgIpc) is 2.99. The number of benzene rings is 2. The molecule has 42 heavy (non-hydrogen) atoms. The van der Waals surface area contributed by atoms with E-state index in [1.807, 2.05) is 18.2 Å². The minimum Gasteiger partial charge on any atom is -0.493 e. The fraction of sp³-hybridized carbons (Fsp3) is 0.571. The zero-order valence-electron chi connectivity index (χ0n) is 26.4. The lowest BCUT2D eigenvalue weighted by Gasteiger charge is -2.17. The van der Waals surface area contributed by atoms with Crippen molar-refractivity contribution in [3.8, 4) is 40.1 Å². The maximum atomic E-state index is 14.1. The Morgan fingerprint density at radius 1 is 0.571 bits per heavy atom. The quantitative estimate of drug-likeness (QED) is 0.116. The van der Waals surface area contributed by atoms with Gasteiger partial charge < -0.3 is 28.1 Å². The first-order valence-corrected chi connectivity index (χ1v) is 16.0. The van der Waals surface area contributed by atoms with Gasteiger partial charge in [-0.15, -0.1) is 0 Å². The maximum Gasteiger partial charge on any atom is 0.239 e. The van der Waals surface area contributed by atoms with E-state index >= 15 is 0 Å². The van der Waals surface area contributed by atoms with E-state index in [2.05, 4.69) is 34.6 Å². The van der Waals surface area contributed by atoms with Crippen LogP contribution in [0.4, 0.5) is 0 Å². The third-order valence-corrected chi connectivity index (χ3v) is 6.87. The van der Waals surface area contributed by atoms with Gasteiger partial charge >= 0.3 is 0 Å². The Balaban J connectivity index is 2.18. The fourth-order valence-corrected chi connectivity index (χ4v) is 4.28. The van der Waals surface area contributed by atoms with Crippen molar-refractivity contribution in [3.63, 3.8) is 0 Å². The highest BCUT2D eigenvalue weighted by atomic mass is 16.5. The van der Waals surface area contributed by atoms with E-state index in [0.29, 0.717) is 78.3 Å². The molecule has 3 rings (SSSR count). The molecule has 0 saturated carbocycles. The topological polar surface area (TPSA) is 76.4 Å². The number of unbranched alkanes of at least 4 members (excludes halogenated alkanes) is 5. The summed E-state index contributed by atoms with van der Waals surface area (Å²) in [4.78, 5) is 14.1. The van der Waals surface area contributed by atoms with Crippen LogP contribution in [0.15, 0.2) is 39.5 Å². The molecule has 0 atom stereocenters. The molecule has 7 nitrogen and oxygen atoms in total. The van der Waals surface area contributed by atoms with Crippen LogP contribution in [0.25, 0.3) is 22.3 Å². The molecule has 0 aliphatic heterocycles. The van der Waals surface area contributed by atoms with Crippen molar-refractivity contribution < 1.29 is 28.1 Å².